The van der Waals surface area contributed by atoms with Crippen LogP contribution in [0.5, 0.6) is 0 Å². The fourth-order valence-corrected chi connectivity index (χ4v) is 1.99. The maximum Gasteiger partial charge on any atom is 0.239 e. The first-order valence-corrected chi connectivity index (χ1v) is 5.77. The third-order valence-electron chi connectivity index (χ3n) is 2.74. The summed E-state index contributed by atoms with van der Waals surface area (Å²) in [6, 6.07) is 1.67. The molecule has 2 heterocycles. The van der Waals surface area contributed by atoms with Gasteiger partial charge >= 0.3 is 0 Å². The summed E-state index contributed by atoms with van der Waals surface area (Å²) in [5.74, 6) is 0.964. The van der Waals surface area contributed by atoms with Gasteiger partial charge in [0.2, 0.25) is 5.91 Å². The summed E-state index contributed by atoms with van der Waals surface area (Å²) in [7, 11) is 0. The summed E-state index contributed by atoms with van der Waals surface area (Å²) in [5, 5.41) is 15.8. The molecule has 0 spiro atoms. The standard InChI is InChI=1S/C11H17N3O3/c1-8-5-10(13-17-8)12-11(16)7-14-4-2-3-9(15)6-14/h5,9,15H,2-4,6-7H2,1H3,(H,12,13,16). The minimum absolute atomic E-state index is 0.132. The quantitative estimate of drug-likeness (QED) is 0.797. The number of carbonyl (C=O) groups is 1. The number of aliphatic hydroxyl groups excluding tert-OH is 1. The molecule has 1 aliphatic rings. The van der Waals surface area contributed by atoms with Gasteiger partial charge in [-0.1, -0.05) is 5.16 Å². The van der Waals surface area contributed by atoms with Gasteiger partial charge in [0.25, 0.3) is 0 Å². The highest BCUT2D eigenvalue weighted by atomic mass is 16.5. The van der Waals surface area contributed by atoms with E-state index in [4.69, 9.17) is 4.52 Å². The molecule has 1 unspecified atom stereocenters. The Morgan fingerprint density at radius 1 is 1.76 bits per heavy atom. The normalized spacial score (nSPS) is 21.4. The lowest BCUT2D eigenvalue weighted by atomic mass is 10.1. The monoisotopic (exact) mass is 239 g/mol. The number of β-amino-alcohol motifs (C(OH)–C–C–N with tert-alkyl or cyclic N) is 1. The van der Waals surface area contributed by atoms with Gasteiger partial charge in [0.15, 0.2) is 5.82 Å². The first kappa shape index (κ1) is 12.1. The molecule has 2 rings (SSSR count). The average Bonchev–Trinajstić information content (AvgIpc) is 2.63. The molecule has 2 N–H and O–H groups in total. The van der Waals surface area contributed by atoms with E-state index in [0.29, 0.717) is 18.1 Å². The Balaban J connectivity index is 1.80. The SMILES string of the molecule is Cc1cc(NC(=O)CN2CCCC(O)C2)no1. The van der Waals surface area contributed by atoms with Crippen LogP contribution in [-0.2, 0) is 4.79 Å². The lowest BCUT2D eigenvalue weighted by molar-refractivity contribution is -0.118. The van der Waals surface area contributed by atoms with Gasteiger partial charge in [0.1, 0.15) is 5.76 Å². The number of nitrogens with one attached hydrogen (secondary N) is 1. The van der Waals surface area contributed by atoms with E-state index in [1.54, 1.807) is 13.0 Å². The summed E-state index contributed by atoms with van der Waals surface area (Å²) in [4.78, 5) is 13.6. The van der Waals surface area contributed by atoms with E-state index in [9.17, 15) is 9.90 Å². The van der Waals surface area contributed by atoms with E-state index >= 15 is 0 Å². The fraction of sp³-hybridized carbons (Fsp3) is 0.636. The van der Waals surface area contributed by atoms with Gasteiger partial charge in [0, 0.05) is 12.6 Å². The Labute approximate surface area is 99.6 Å². The molecule has 1 saturated heterocycles. The maximum absolute atomic E-state index is 11.7. The van der Waals surface area contributed by atoms with E-state index in [1.165, 1.54) is 0 Å². The fourth-order valence-electron chi connectivity index (χ4n) is 1.99. The van der Waals surface area contributed by atoms with Gasteiger partial charge in [-0.2, -0.15) is 0 Å². The highest BCUT2D eigenvalue weighted by molar-refractivity contribution is 5.91. The smallest absolute Gasteiger partial charge is 0.239 e. The van der Waals surface area contributed by atoms with Crippen molar-refractivity contribution in [3.63, 3.8) is 0 Å². The molecule has 94 valence electrons. The van der Waals surface area contributed by atoms with Crippen LogP contribution >= 0.6 is 0 Å². The third kappa shape index (κ3) is 3.54. The molecule has 1 amide bonds. The number of rotatable bonds is 3. The minimum atomic E-state index is -0.314. The molecule has 6 heteroatoms. The summed E-state index contributed by atoms with van der Waals surface area (Å²) in [6.45, 7) is 3.46. The zero-order chi connectivity index (χ0) is 12.3. The van der Waals surface area contributed by atoms with Crippen molar-refractivity contribution in [3.05, 3.63) is 11.8 Å². The van der Waals surface area contributed by atoms with E-state index < -0.39 is 0 Å². The highest BCUT2D eigenvalue weighted by Gasteiger charge is 2.19. The molecule has 1 aromatic rings. The minimum Gasteiger partial charge on any atom is -0.392 e. The summed E-state index contributed by atoms with van der Waals surface area (Å²) >= 11 is 0. The summed E-state index contributed by atoms with van der Waals surface area (Å²) in [5.41, 5.74) is 0. The number of hydrogen-bond acceptors (Lipinski definition) is 5. The molecule has 6 nitrogen and oxygen atoms in total. The van der Waals surface area contributed by atoms with Crippen LogP contribution in [0.4, 0.5) is 5.82 Å². The van der Waals surface area contributed by atoms with Gasteiger partial charge < -0.3 is 14.9 Å². The van der Waals surface area contributed by atoms with E-state index in [0.717, 1.165) is 19.4 Å². The van der Waals surface area contributed by atoms with Crippen molar-refractivity contribution in [1.29, 1.82) is 0 Å². The van der Waals surface area contributed by atoms with Crippen LogP contribution < -0.4 is 5.32 Å². The largest absolute Gasteiger partial charge is 0.392 e. The summed E-state index contributed by atoms with van der Waals surface area (Å²) < 4.78 is 4.85. The molecule has 0 radical (unpaired) electrons. The van der Waals surface area contributed by atoms with Crippen molar-refractivity contribution in [2.24, 2.45) is 0 Å². The molecule has 0 aromatic carbocycles. The number of piperidine rings is 1. The summed E-state index contributed by atoms with van der Waals surface area (Å²) in [6.07, 6.45) is 1.43. The Morgan fingerprint density at radius 2 is 2.59 bits per heavy atom. The van der Waals surface area contributed by atoms with Gasteiger partial charge in [-0.25, -0.2) is 0 Å². The molecule has 0 aliphatic carbocycles. The second kappa shape index (κ2) is 5.29. The number of hydrogen-bond donors (Lipinski definition) is 2. The second-order valence-electron chi connectivity index (χ2n) is 4.40. The Morgan fingerprint density at radius 3 is 3.24 bits per heavy atom. The van der Waals surface area contributed by atoms with Crippen LogP contribution in [0.25, 0.3) is 0 Å². The molecule has 1 aliphatic heterocycles. The first-order valence-electron chi connectivity index (χ1n) is 5.77. The van der Waals surface area contributed by atoms with Crippen LogP contribution in [0.3, 0.4) is 0 Å². The van der Waals surface area contributed by atoms with Crippen molar-refractivity contribution in [2.75, 3.05) is 25.0 Å². The number of amides is 1. The van der Waals surface area contributed by atoms with Crippen molar-refractivity contribution in [3.8, 4) is 0 Å². The molecule has 1 aromatic heterocycles. The van der Waals surface area contributed by atoms with Crippen molar-refractivity contribution >= 4 is 11.7 Å². The van der Waals surface area contributed by atoms with Gasteiger partial charge in [-0.3, -0.25) is 9.69 Å². The first-order chi connectivity index (χ1) is 8.13. The zero-order valence-electron chi connectivity index (χ0n) is 9.85. The van der Waals surface area contributed by atoms with Crippen LogP contribution in [-0.4, -0.2) is 46.8 Å². The number of likely N-dealkylation sites (tertiary alicyclic amines) is 1. The van der Waals surface area contributed by atoms with E-state index in [1.807, 2.05) is 4.90 Å². The maximum atomic E-state index is 11.7. The van der Waals surface area contributed by atoms with Crippen molar-refractivity contribution in [2.45, 2.75) is 25.9 Å². The predicted molar refractivity (Wildman–Crippen MR) is 61.6 cm³/mol. The number of carbonyl (C=O) groups excluding carboxylic acids is 1. The molecule has 1 fully saturated rings. The van der Waals surface area contributed by atoms with Crippen LogP contribution in [0.2, 0.25) is 0 Å². The van der Waals surface area contributed by atoms with Crippen molar-refractivity contribution < 1.29 is 14.4 Å². The molecular formula is C11H17N3O3. The average molecular weight is 239 g/mol. The second-order valence-corrected chi connectivity index (χ2v) is 4.40. The predicted octanol–water partition coefficient (Wildman–Crippen LogP) is 0.378. The Kier molecular flexibility index (Phi) is 3.75. The Hall–Kier alpha value is -1.40. The number of nitrogens with zero attached hydrogens (tertiary/aromatic N) is 2. The van der Waals surface area contributed by atoms with Crippen LogP contribution in [0, 0.1) is 6.92 Å². The molecular weight excluding hydrogens is 222 g/mol. The van der Waals surface area contributed by atoms with E-state index in [2.05, 4.69) is 10.5 Å². The molecule has 17 heavy (non-hydrogen) atoms. The van der Waals surface area contributed by atoms with Gasteiger partial charge in [-0.15, -0.1) is 0 Å². The molecule has 1 atom stereocenters. The number of anilines is 1. The highest BCUT2D eigenvalue weighted by Crippen LogP contribution is 2.10. The van der Waals surface area contributed by atoms with Crippen LogP contribution in [0.1, 0.15) is 18.6 Å². The lowest BCUT2D eigenvalue weighted by Gasteiger charge is -2.29. The number of aliphatic hydroxyl groups is 1. The molecule has 0 bridgehead atoms. The number of aromatic nitrogens is 1. The third-order valence-corrected chi connectivity index (χ3v) is 2.74. The van der Waals surface area contributed by atoms with E-state index in [-0.39, 0.29) is 18.6 Å². The molecule has 0 saturated carbocycles. The Bertz CT molecular complexity index is 391. The topological polar surface area (TPSA) is 78.6 Å². The number of aryl methyl sites for hydroxylation is 1. The van der Waals surface area contributed by atoms with Crippen LogP contribution in [0.15, 0.2) is 10.6 Å². The zero-order valence-corrected chi connectivity index (χ0v) is 9.85. The van der Waals surface area contributed by atoms with Gasteiger partial charge in [0.05, 0.1) is 12.6 Å². The van der Waals surface area contributed by atoms with Crippen molar-refractivity contribution in [1.82, 2.24) is 10.1 Å². The van der Waals surface area contributed by atoms with Gasteiger partial charge in [-0.05, 0) is 26.3 Å². The lowest BCUT2D eigenvalue weighted by Crippen LogP contribution is -2.42.